The van der Waals surface area contributed by atoms with Gasteiger partial charge in [-0.25, -0.2) is 0 Å². The van der Waals surface area contributed by atoms with Gasteiger partial charge in [-0.15, -0.1) is 23.1 Å². The molecule has 4 nitrogen and oxygen atoms in total. The summed E-state index contributed by atoms with van der Waals surface area (Å²) in [6.45, 7) is 8.92. The second-order valence-electron chi connectivity index (χ2n) is 6.72. The molecule has 0 radical (unpaired) electrons. The Kier molecular flexibility index (Phi) is 5.94. The van der Waals surface area contributed by atoms with Crippen LogP contribution in [0.2, 0.25) is 0 Å². The number of hydrogen-bond acceptors (Lipinski definition) is 5. The summed E-state index contributed by atoms with van der Waals surface area (Å²) in [5.41, 5.74) is 0.250. The summed E-state index contributed by atoms with van der Waals surface area (Å²) in [4.78, 5) is 12.6. The van der Waals surface area contributed by atoms with E-state index in [0.29, 0.717) is 18.2 Å². The number of nitrogens with one attached hydrogen (secondary N) is 2. The first kappa shape index (κ1) is 17.8. The van der Waals surface area contributed by atoms with Crippen LogP contribution < -0.4 is 10.6 Å². The van der Waals surface area contributed by atoms with Gasteiger partial charge in [-0.3, -0.25) is 4.79 Å². The summed E-state index contributed by atoms with van der Waals surface area (Å²) in [5.74, 6) is 1.17. The lowest BCUT2D eigenvalue weighted by Gasteiger charge is -2.26. The van der Waals surface area contributed by atoms with Gasteiger partial charge in [0.1, 0.15) is 0 Å². The van der Waals surface area contributed by atoms with Crippen LogP contribution in [0, 0.1) is 5.92 Å². The number of amides is 1. The number of carbonyl (C=O) groups is 1. The molecule has 2 heterocycles. The summed E-state index contributed by atoms with van der Waals surface area (Å²) >= 11 is 3.32. The third-order valence-electron chi connectivity index (χ3n) is 3.80. The minimum Gasteiger partial charge on any atom is -0.389 e. The lowest BCUT2D eigenvalue weighted by molar-refractivity contribution is -0.113. The normalized spacial score (nSPS) is 18.7. The number of hydrogen-bond donors (Lipinski definition) is 3. The van der Waals surface area contributed by atoms with Gasteiger partial charge in [0.15, 0.2) is 0 Å². The van der Waals surface area contributed by atoms with Gasteiger partial charge >= 0.3 is 0 Å². The molecule has 2 unspecified atom stereocenters. The Bertz CT molecular complexity index is 526. The number of thiophene rings is 1. The van der Waals surface area contributed by atoms with Crippen molar-refractivity contribution in [1.82, 2.24) is 5.32 Å². The van der Waals surface area contributed by atoms with Crippen LogP contribution in [-0.2, 0) is 4.79 Å². The highest BCUT2D eigenvalue weighted by atomic mass is 32.2. The van der Waals surface area contributed by atoms with Crippen molar-refractivity contribution in [3.05, 3.63) is 10.9 Å². The van der Waals surface area contributed by atoms with E-state index >= 15 is 0 Å². The zero-order chi connectivity index (χ0) is 16.3. The first-order chi connectivity index (χ1) is 10.3. The van der Waals surface area contributed by atoms with Crippen LogP contribution >= 0.6 is 23.1 Å². The number of thioether (sulfide) groups is 1. The highest BCUT2D eigenvalue weighted by molar-refractivity contribution is 8.02. The Balaban J connectivity index is 1.89. The minimum atomic E-state index is -0.682. The summed E-state index contributed by atoms with van der Waals surface area (Å²) in [7, 11) is 0. The fraction of sp³-hybridized carbons (Fsp3) is 0.688. The van der Waals surface area contributed by atoms with E-state index in [2.05, 4.69) is 31.4 Å². The maximum absolute atomic E-state index is 11.4. The highest BCUT2D eigenvalue weighted by Crippen LogP contribution is 2.41. The average Bonchev–Trinajstić information content (AvgIpc) is 2.86. The molecule has 0 bridgehead atoms. The third-order valence-corrected chi connectivity index (χ3v) is 6.41. The smallest absolute Gasteiger partial charge is 0.234 e. The van der Waals surface area contributed by atoms with Gasteiger partial charge in [0.05, 0.1) is 21.3 Å². The zero-order valence-corrected chi connectivity index (χ0v) is 15.4. The molecule has 3 N–H and O–H groups in total. The first-order valence-electron chi connectivity index (χ1n) is 7.79. The van der Waals surface area contributed by atoms with Crippen molar-refractivity contribution in [3.8, 4) is 0 Å². The number of rotatable bonds is 7. The Morgan fingerprint density at radius 3 is 2.86 bits per heavy atom. The molecule has 1 amide bonds. The van der Waals surface area contributed by atoms with Gasteiger partial charge in [0, 0.05) is 17.5 Å². The molecule has 0 spiro atoms. The summed E-state index contributed by atoms with van der Waals surface area (Å²) in [6, 6.07) is 2.21. The second-order valence-corrected chi connectivity index (χ2v) is 9.05. The van der Waals surface area contributed by atoms with Crippen LogP contribution in [0.4, 0.5) is 5.69 Å². The van der Waals surface area contributed by atoms with Crippen LogP contribution in [-0.4, -0.2) is 28.9 Å². The van der Waals surface area contributed by atoms with Crippen molar-refractivity contribution in [2.24, 2.45) is 5.92 Å². The average molecular weight is 343 g/mol. The molecule has 0 saturated heterocycles. The largest absolute Gasteiger partial charge is 0.389 e. The fourth-order valence-electron chi connectivity index (χ4n) is 2.28. The molecule has 124 valence electrons. The molecule has 6 heteroatoms. The van der Waals surface area contributed by atoms with E-state index in [9.17, 15) is 9.90 Å². The van der Waals surface area contributed by atoms with Crippen LogP contribution in [0.15, 0.2) is 10.3 Å². The van der Waals surface area contributed by atoms with Crippen LogP contribution in [0.5, 0.6) is 0 Å². The van der Waals surface area contributed by atoms with Gasteiger partial charge in [-0.05, 0) is 38.7 Å². The lowest BCUT2D eigenvalue weighted by atomic mass is 9.95. The minimum absolute atomic E-state index is 0.0686. The van der Waals surface area contributed by atoms with Crippen LogP contribution in [0.1, 0.15) is 51.5 Å². The number of aliphatic hydroxyl groups is 1. The van der Waals surface area contributed by atoms with E-state index in [1.54, 1.807) is 23.1 Å². The van der Waals surface area contributed by atoms with Crippen molar-refractivity contribution in [2.75, 3.05) is 17.6 Å². The van der Waals surface area contributed by atoms with Crippen molar-refractivity contribution in [2.45, 2.75) is 56.4 Å². The van der Waals surface area contributed by atoms with Crippen LogP contribution in [0.3, 0.4) is 0 Å². The Labute approximate surface area is 141 Å². The maximum Gasteiger partial charge on any atom is 0.234 e. The van der Waals surface area contributed by atoms with E-state index in [1.807, 2.05) is 13.0 Å². The van der Waals surface area contributed by atoms with Gasteiger partial charge in [-0.1, -0.05) is 13.8 Å². The van der Waals surface area contributed by atoms with Gasteiger partial charge in [-0.2, -0.15) is 0 Å². The van der Waals surface area contributed by atoms with Crippen molar-refractivity contribution in [3.63, 3.8) is 0 Å². The zero-order valence-electron chi connectivity index (χ0n) is 13.7. The molecule has 0 aromatic carbocycles. The SMILES string of the molecule is CC(C)CCC(C)(O)CNC(C)c1cc2c(s1)SCC(=O)N2. The Morgan fingerprint density at radius 2 is 2.18 bits per heavy atom. The predicted molar refractivity (Wildman–Crippen MR) is 94.8 cm³/mol. The van der Waals surface area contributed by atoms with Crippen molar-refractivity contribution < 1.29 is 9.90 Å². The van der Waals surface area contributed by atoms with E-state index < -0.39 is 5.60 Å². The molecule has 2 rings (SSSR count). The van der Waals surface area contributed by atoms with E-state index in [-0.39, 0.29) is 11.9 Å². The Morgan fingerprint density at radius 1 is 1.45 bits per heavy atom. The Hall–Kier alpha value is -0.560. The molecular formula is C16H26N2O2S2. The summed E-state index contributed by atoms with van der Waals surface area (Å²) in [5, 5.41) is 16.8. The standard InChI is InChI=1S/C16H26N2O2S2/c1-10(2)5-6-16(4,20)9-17-11(3)13-7-12-15(22-13)21-8-14(19)18-12/h7,10-11,17,20H,5-6,8-9H2,1-4H3,(H,18,19). The van der Waals surface area contributed by atoms with Crippen molar-refractivity contribution >= 4 is 34.7 Å². The van der Waals surface area contributed by atoms with Gasteiger partial charge in [0.25, 0.3) is 0 Å². The number of carbonyl (C=O) groups excluding carboxylic acids is 1. The molecule has 1 aromatic heterocycles. The molecule has 0 aliphatic carbocycles. The van der Waals surface area contributed by atoms with Gasteiger partial charge in [0.2, 0.25) is 5.91 Å². The molecular weight excluding hydrogens is 316 g/mol. The van der Waals surface area contributed by atoms with Crippen molar-refractivity contribution in [1.29, 1.82) is 0 Å². The quantitative estimate of drug-likeness (QED) is 0.708. The fourth-order valence-corrected chi connectivity index (χ4v) is 4.45. The predicted octanol–water partition coefficient (Wildman–Crippen LogP) is 3.63. The summed E-state index contributed by atoms with van der Waals surface area (Å²) < 4.78 is 1.18. The molecule has 1 aliphatic heterocycles. The lowest BCUT2D eigenvalue weighted by Crippen LogP contribution is -2.38. The van der Waals surface area contributed by atoms with E-state index in [0.717, 1.165) is 18.5 Å². The third kappa shape index (κ3) is 4.98. The first-order valence-corrected chi connectivity index (χ1v) is 9.59. The van der Waals surface area contributed by atoms with Crippen LogP contribution in [0.25, 0.3) is 0 Å². The second kappa shape index (κ2) is 7.34. The monoisotopic (exact) mass is 342 g/mol. The molecule has 0 fully saturated rings. The van der Waals surface area contributed by atoms with E-state index in [4.69, 9.17) is 0 Å². The number of fused-ring (bicyclic) bond motifs is 1. The topological polar surface area (TPSA) is 61.4 Å². The molecule has 0 saturated carbocycles. The van der Waals surface area contributed by atoms with E-state index in [1.165, 1.54) is 9.09 Å². The van der Waals surface area contributed by atoms with Gasteiger partial charge < -0.3 is 15.7 Å². The molecule has 2 atom stereocenters. The molecule has 1 aromatic rings. The molecule has 22 heavy (non-hydrogen) atoms. The maximum atomic E-state index is 11.4. The molecule has 1 aliphatic rings. The number of anilines is 1. The summed E-state index contributed by atoms with van der Waals surface area (Å²) in [6.07, 6.45) is 1.83. The highest BCUT2D eigenvalue weighted by Gasteiger charge is 2.24.